The molecule has 1 unspecified atom stereocenters. The molecule has 2 atom stereocenters. The number of urea groups is 1. The van der Waals surface area contributed by atoms with Crippen LogP contribution in [-0.2, 0) is 0 Å². The molecule has 0 spiro atoms. The molecule has 2 amide bonds. The van der Waals surface area contributed by atoms with Gasteiger partial charge in [0.15, 0.2) is 6.61 Å². The molecule has 2 N–H and O–H groups in total. The number of unbranched alkanes of at least 4 members (excludes halogenated alkanes) is 2. The van der Waals surface area contributed by atoms with Crippen molar-refractivity contribution in [2.24, 2.45) is 0 Å². The fourth-order valence-corrected chi connectivity index (χ4v) is 2.36. The number of hydrogen-bond acceptors (Lipinski definition) is 2. The molecule has 0 radical (unpaired) electrons. The molecule has 0 aliphatic carbocycles. The van der Waals surface area contributed by atoms with Crippen LogP contribution in [0.3, 0.4) is 0 Å². The van der Waals surface area contributed by atoms with Crippen molar-refractivity contribution >= 4 is 6.03 Å². The Morgan fingerprint density at radius 1 is 1.20 bits per heavy atom. The second kappa shape index (κ2) is 10.2. The Hall–Kier alpha value is -1.92. The second-order valence-corrected chi connectivity index (χ2v) is 6.21. The molecule has 0 saturated carbocycles. The highest BCUT2D eigenvalue weighted by atomic mass is 19.4. The van der Waals surface area contributed by atoms with Gasteiger partial charge in [0, 0.05) is 6.04 Å². The highest BCUT2D eigenvalue weighted by molar-refractivity contribution is 5.74. The number of carbonyl (C=O) groups excluding carboxylic acids is 1. The minimum Gasteiger partial charge on any atom is -0.484 e. The van der Waals surface area contributed by atoms with E-state index in [1.807, 2.05) is 6.92 Å². The van der Waals surface area contributed by atoms with Crippen LogP contribution in [0.15, 0.2) is 24.3 Å². The van der Waals surface area contributed by atoms with E-state index in [1.54, 1.807) is 19.1 Å². The number of amides is 2. The SMILES string of the molecule is CCCCCC(C)NC(=O)N[C@@H](C)c1cccc(OCC(F)(F)F)c1. The van der Waals surface area contributed by atoms with Gasteiger partial charge in [-0.15, -0.1) is 0 Å². The average molecular weight is 360 g/mol. The summed E-state index contributed by atoms with van der Waals surface area (Å²) in [6.07, 6.45) is -0.145. The first-order valence-electron chi connectivity index (χ1n) is 8.57. The van der Waals surface area contributed by atoms with Crippen LogP contribution in [0.4, 0.5) is 18.0 Å². The maximum absolute atomic E-state index is 12.2. The fraction of sp³-hybridized carbons (Fsp3) is 0.611. The van der Waals surface area contributed by atoms with E-state index >= 15 is 0 Å². The van der Waals surface area contributed by atoms with Crippen LogP contribution in [0.1, 0.15) is 58.1 Å². The van der Waals surface area contributed by atoms with Gasteiger partial charge >= 0.3 is 12.2 Å². The molecular formula is C18H27F3N2O2. The van der Waals surface area contributed by atoms with Gasteiger partial charge in [-0.05, 0) is 38.0 Å². The Morgan fingerprint density at radius 3 is 2.56 bits per heavy atom. The van der Waals surface area contributed by atoms with Crippen LogP contribution in [0.5, 0.6) is 5.75 Å². The van der Waals surface area contributed by atoms with E-state index in [0.717, 1.165) is 25.7 Å². The maximum atomic E-state index is 12.2. The number of rotatable bonds is 9. The van der Waals surface area contributed by atoms with Gasteiger partial charge in [-0.1, -0.05) is 38.3 Å². The molecule has 0 bridgehead atoms. The smallest absolute Gasteiger partial charge is 0.422 e. The van der Waals surface area contributed by atoms with Crippen molar-refractivity contribution in [3.63, 3.8) is 0 Å². The monoisotopic (exact) mass is 360 g/mol. The first-order chi connectivity index (χ1) is 11.7. The first kappa shape index (κ1) is 21.1. The van der Waals surface area contributed by atoms with E-state index in [1.165, 1.54) is 12.1 Å². The number of ether oxygens (including phenoxy) is 1. The lowest BCUT2D eigenvalue weighted by Crippen LogP contribution is -2.41. The van der Waals surface area contributed by atoms with Gasteiger partial charge < -0.3 is 15.4 Å². The highest BCUT2D eigenvalue weighted by Gasteiger charge is 2.28. The van der Waals surface area contributed by atoms with Crippen LogP contribution in [0.2, 0.25) is 0 Å². The number of carbonyl (C=O) groups is 1. The lowest BCUT2D eigenvalue weighted by molar-refractivity contribution is -0.153. The second-order valence-electron chi connectivity index (χ2n) is 6.21. The van der Waals surface area contributed by atoms with Gasteiger partial charge in [-0.3, -0.25) is 0 Å². The summed E-state index contributed by atoms with van der Waals surface area (Å²) in [5, 5.41) is 5.66. The molecule has 1 aromatic rings. The van der Waals surface area contributed by atoms with E-state index < -0.39 is 12.8 Å². The lowest BCUT2D eigenvalue weighted by Gasteiger charge is -2.19. The topological polar surface area (TPSA) is 50.4 Å². The Kier molecular flexibility index (Phi) is 8.58. The van der Waals surface area contributed by atoms with E-state index in [9.17, 15) is 18.0 Å². The minimum absolute atomic E-state index is 0.0696. The zero-order chi connectivity index (χ0) is 18.9. The number of benzene rings is 1. The number of halogens is 3. The van der Waals surface area contributed by atoms with Crippen molar-refractivity contribution in [1.82, 2.24) is 10.6 Å². The third-order valence-electron chi connectivity index (χ3n) is 3.73. The molecule has 0 aliphatic rings. The summed E-state index contributed by atoms with van der Waals surface area (Å²) in [5.41, 5.74) is 0.675. The Labute approximate surface area is 147 Å². The minimum atomic E-state index is -4.38. The Balaban J connectivity index is 2.50. The summed E-state index contributed by atoms with van der Waals surface area (Å²) in [4.78, 5) is 12.0. The molecule has 0 aromatic heterocycles. The maximum Gasteiger partial charge on any atom is 0.422 e. The van der Waals surface area contributed by atoms with Crippen molar-refractivity contribution in [3.8, 4) is 5.75 Å². The van der Waals surface area contributed by atoms with E-state index in [4.69, 9.17) is 4.74 Å². The summed E-state index contributed by atoms with van der Waals surface area (Å²) in [7, 11) is 0. The normalized spacial score (nSPS) is 13.8. The number of nitrogens with one attached hydrogen (secondary N) is 2. The summed E-state index contributed by atoms with van der Waals surface area (Å²) in [6, 6.07) is 5.72. The third-order valence-corrected chi connectivity index (χ3v) is 3.73. The summed E-state index contributed by atoms with van der Waals surface area (Å²) >= 11 is 0. The lowest BCUT2D eigenvalue weighted by atomic mass is 10.1. The van der Waals surface area contributed by atoms with Gasteiger partial charge in [0.25, 0.3) is 0 Å². The molecule has 142 valence electrons. The van der Waals surface area contributed by atoms with E-state index in [0.29, 0.717) is 5.56 Å². The average Bonchev–Trinajstić information content (AvgIpc) is 2.52. The summed E-state index contributed by atoms with van der Waals surface area (Å²) in [5.74, 6) is 0.122. The molecule has 4 nitrogen and oxygen atoms in total. The van der Waals surface area contributed by atoms with Crippen LogP contribution in [-0.4, -0.2) is 24.9 Å². The van der Waals surface area contributed by atoms with Crippen LogP contribution in [0.25, 0.3) is 0 Å². The van der Waals surface area contributed by atoms with Crippen molar-refractivity contribution < 1.29 is 22.7 Å². The molecule has 7 heteroatoms. The van der Waals surface area contributed by atoms with Crippen molar-refractivity contribution in [1.29, 1.82) is 0 Å². The summed E-state index contributed by atoms with van der Waals surface area (Å²) < 4.78 is 41.4. The standard InChI is InChI=1S/C18H27F3N2O2/c1-4-5-6-8-13(2)22-17(24)23-14(3)15-9-7-10-16(11-15)25-12-18(19,20)21/h7,9-11,13-14H,4-6,8,12H2,1-3H3,(H2,22,23,24)/t13?,14-/m0/s1. The van der Waals surface area contributed by atoms with Gasteiger partial charge in [0.05, 0.1) is 6.04 Å². The fourth-order valence-electron chi connectivity index (χ4n) is 2.36. The molecule has 25 heavy (non-hydrogen) atoms. The van der Waals surface area contributed by atoms with E-state index in [-0.39, 0.29) is 23.9 Å². The molecule has 0 heterocycles. The predicted molar refractivity (Wildman–Crippen MR) is 91.7 cm³/mol. The van der Waals surface area contributed by atoms with Crippen molar-refractivity contribution in [3.05, 3.63) is 29.8 Å². The van der Waals surface area contributed by atoms with E-state index in [2.05, 4.69) is 17.6 Å². The Bertz CT molecular complexity index is 535. The molecule has 0 aliphatic heterocycles. The number of hydrogen-bond donors (Lipinski definition) is 2. The van der Waals surface area contributed by atoms with Crippen LogP contribution < -0.4 is 15.4 Å². The van der Waals surface area contributed by atoms with Gasteiger partial charge in [-0.2, -0.15) is 13.2 Å². The van der Waals surface area contributed by atoms with Crippen LogP contribution >= 0.6 is 0 Å². The molecular weight excluding hydrogens is 333 g/mol. The van der Waals surface area contributed by atoms with Gasteiger partial charge in [0.2, 0.25) is 0 Å². The predicted octanol–water partition coefficient (Wildman–Crippen LogP) is 4.96. The number of alkyl halides is 3. The first-order valence-corrected chi connectivity index (χ1v) is 8.57. The van der Waals surface area contributed by atoms with Crippen LogP contribution in [0, 0.1) is 0 Å². The third kappa shape index (κ3) is 9.22. The summed E-state index contributed by atoms with van der Waals surface area (Å²) in [6.45, 7) is 4.50. The van der Waals surface area contributed by atoms with Gasteiger partial charge in [-0.25, -0.2) is 4.79 Å². The van der Waals surface area contributed by atoms with Gasteiger partial charge in [0.1, 0.15) is 5.75 Å². The molecule has 1 rings (SSSR count). The highest BCUT2D eigenvalue weighted by Crippen LogP contribution is 2.22. The van der Waals surface area contributed by atoms with Crippen molar-refractivity contribution in [2.75, 3.05) is 6.61 Å². The van der Waals surface area contributed by atoms with Crippen molar-refractivity contribution in [2.45, 2.75) is 64.7 Å². The zero-order valence-corrected chi connectivity index (χ0v) is 15.0. The largest absolute Gasteiger partial charge is 0.484 e. The zero-order valence-electron chi connectivity index (χ0n) is 15.0. The molecule has 0 fully saturated rings. The molecule has 0 saturated heterocycles. The quantitative estimate of drug-likeness (QED) is 0.612. The Morgan fingerprint density at radius 2 is 1.92 bits per heavy atom. The molecule has 1 aromatic carbocycles.